The lowest BCUT2D eigenvalue weighted by Gasteiger charge is -2.10. The van der Waals surface area contributed by atoms with E-state index in [1.165, 1.54) is 5.56 Å². The quantitative estimate of drug-likeness (QED) is 0.194. The van der Waals surface area contributed by atoms with Crippen LogP contribution in [0.1, 0.15) is 0 Å². The van der Waals surface area contributed by atoms with E-state index in [1.807, 2.05) is 66.7 Å². The van der Waals surface area contributed by atoms with Gasteiger partial charge in [-0.25, -0.2) is 19.9 Å². The minimum Gasteiger partial charge on any atom is -0.436 e. The number of hydrogen-bond acceptors (Lipinski definition) is 6. The molecule has 0 atom stereocenters. The molecule has 5 nitrogen and oxygen atoms in total. The third kappa shape index (κ3) is 4.64. The van der Waals surface area contributed by atoms with Crippen LogP contribution < -0.4 is 0 Å². The molecule has 6 heteroatoms. The summed E-state index contributed by atoms with van der Waals surface area (Å²) >= 11 is 1.73. The van der Waals surface area contributed by atoms with Crippen LogP contribution in [0.3, 0.4) is 0 Å². The van der Waals surface area contributed by atoms with Crippen LogP contribution in [0.5, 0.6) is 0 Å². The van der Waals surface area contributed by atoms with Gasteiger partial charge in [0.25, 0.3) is 0 Å². The van der Waals surface area contributed by atoms with Crippen LogP contribution in [0.2, 0.25) is 0 Å². The minimum atomic E-state index is 0.616. The average molecular weight is 609 g/mol. The second kappa shape index (κ2) is 10.9. The third-order valence-electron chi connectivity index (χ3n) is 8.18. The Hall–Kier alpha value is -5.98. The van der Waals surface area contributed by atoms with E-state index in [9.17, 15) is 0 Å². The van der Waals surface area contributed by atoms with Gasteiger partial charge in [-0.2, -0.15) is 0 Å². The van der Waals surface area contributed by atoms with Crippen LogP contribution in [0.15, 0.2) is 150 Å². The second-order valence-corrected chi connectivity index (χ2v) is 12.2. The molecule has 9 rings (SSSR count). The maximum Gasteiger partial charge on any atom is 0.227 e. The van der Waals surface area contributed by atoms with Gasteiger partial charge in [-0.05, 0) is 35.4 Å². The van der Waals surface area contributed by atoms with E-state index in [-0.39, 0.29) is 0 Å². The Morgan fingerprint density at radius 1 is 0.435 bits per heavy atom. The number of hydrogen-bond donors (Lipinski definition) is 0. The smallest absolute Gasteiger partial charge is 0.227 e. The fourth-order valence-electron chi connectivity index (χ4n) is 5.92. The molecular formula is C40H24N4OS. The highest BCUT2D eigenvalue weighted by Crippen LogP contribution is 2.42. The molecular weight excluding hydrogens is 585 g/mol. The van der Waals surface area contributed by atoms with E-state index in [2.05, 4.69) is 78.9 Å². The molecule has 0 amide bonds. The van der Waals surface area contributed by atoms with Gasteiger partial charge >= 0.3 is 0 Å². The highest BCUT2D eigenvalue weighted by atomic mass is 32.1. The van der Waals surface area contributed by atoms with E-state index in [0.717, 1.165) is 59.1 Å². The van der Waals surface area contributed by atoms with Crippen molar-refractivity contribution < 1.29 is 4.42 Å². The molecule has 0 aliphatic carbocycles. The predicted octanol–water partition coefficient (Wildman–Crippen LogP) is 10.7. The molecule has 3 heterocycles. The average Bonchev–Trinajstić information content (AvgIpc) is 3.72. The lowest BCUT2D eigenvalue weighted by atomic mass is 10.0. The Balaban J connectivity index is 1.22. The maximum absolute atomic E-state index is 6.20. The van der Waals surface area contributed by atoms with Crippen molar-refractivity contribution in [2.75, 3.05) is 0 Å². The molecule has 0 aliphatic rings. The van der Waals surface area contributed by atoms with E-state index < -0.39 is 0 Å². The van der Waals surface area contributed by atoms with Gasteiger partial charge in [0, 0.05) is 48.5 Å². The van der Waals surface area contributed by atoms with Gasteiger partial charge in [-0.3, -0.25) is 0 Å². The number of nitrogens with zero attached hydrogens (tertiary/aromatic N) is 4. The molecule has 0 fully saturated rings. The molecule has 0 unspecified atom stereocenters. The fourth-order valence-corrected chi connectivity index (χ4v) is 7.06. The lowest BCUT2D eigenvalue weighted by Crippen LogP contribution is -2.00. The molecule has 0 spiro atoms. The van der Waals surface area contributed by atoms with Crippen LogP contribution in [0, 0.1) is 0 Å². The topological polar surface area (TPSA) is 64.7 Å². The van der Waals surface area contributed by atoms with Gasteiger partial charge in [0.2, 0.25) is 5.89 Å². The zero-order chi connectivity index (χ0) is 30.5. The Kier molecular flexibility index (Phi) is 6.25. The molecule has 0 radical (unpaired) electrons. The van der Waals surface area contributed by atoms with Crippen LogP contribution >= 0.6 is 11.3 Å². The van der Waals surface area contributed by atoms with Crippen molar-refractivity contribution in [3.8, 4) is 56.7 Å². The summed E-state index contributed by atoms with van der Waals surface area (Å²) in [5.41, 5.74) is 7.68. The molecule has 216 valence electrons. The standard InChI is InChI=1S/C40H24N4OS/c1-4-11-25(12-5-1)26-19-21-28(22-20-26)38-42-37(27-13-6-2-7-14-27)43-39(44-38)30-17-10-18-34-36(30)31-23-32-33(24-35(31)46-34)45-40(41-32)29-15-8-3-9-16-29/h1-24H. The number of aromatic nitrogens is 4. The fraction of sp³-hybridized carbons (Fsp3) is 0. The number of oxazole rings is 1. The first-order chi connectivity index (χ1) is 22.8. The summed E-state index contributed by atoms with van der Waals surface area (Å²) in [5, 5.41) is 2.20. The van der Waals surface area contributed by atoms with Gasteiger partial charge in [0.05, 0.1) is 0 Å². The molecule has 46 heavy (non-hydrogen) atoms. The van der Waals surface area contributed by atoms with Crippen molar-refractivity contribution in [2.45, 2.75) is 0 Å². The first kappa shape index (κ1) is 26.4. The van der Waals surface area contributed by atoms with Gasteiger partial charge in [-0.1, -0.05) is 115 Å². The summed E-state index contributed by atoms with van der Waals surface area (Å²) in [6.45, 7) is 0. The van der Waals surface area contributed by atoms with Gasteiger partial charge < -0.3 is 4.42 Å². The molecule has 0 saturated heterocycles. The van der Waals surface area contributed by atoms with Gasteiger partial charge in [0.15, 0.2) is 23.1 Å². The highest BCUT2D eigenvalue weighted by molar-refractivity contribution is 7.26. The molecule has 3 aromatic heterocycles. The number of thiophene rings is 1. The normalized spacial score (nSPS) is 11.5. The molecule has 0 N–H and O–H groups in total. The van der Waals surface area contributed by atoms with Crippen molar-refractivity contribution >= 4 is 42.6 Å². The van der Waals surface area contributed by atoms with Gasteiger partial charge in [-0.15, -0.1) is 11.3 Å². The molecule has 0 aliphatic heterocycles. The van der Waals surface area contributed by atoms with Crippen molar-refractivity contribution in [1.82, 2.24) is 19.9 Å². The lowest BCUT2D eigenvalue weighted by molar-refractivity contribution is 0.620. The van der Waals surface area contributed by atoms with E-state index >= 15 is 0 Å². The molecule has 0 bridgehead atoms. The molecule has 6 aromatic carbocycles. The third-order valence-corrected chi connectivity index (χ3v) is 9.30. The first-order valence-corrected chi connectivity index (χ1v) is 15.9. The number of fused-ring (bicyclic) bond motifs is 4. The summed E-state index contributed by atoms with van der Waals surface area (Å²) in [5.74, 6) is 2.51. The largest absolute Gasteiger partial charge is 0.436 e. The SMILES string of the molecule is c1ccc(-c2ccc(-c3nc(-c4ccccc4)nc(-c4cccc5sc6cc7oc(-c8ccccc8)nc7cc6c45)n3)cc2)cc1. The molecule has 0 saturated carbocycles. The highest BCUT2D eigenvalue weighted by Gasteiger charge is 2.19. The number of benzene rings is 6. The van der Waals surface area contributed by atoms with Crippen LogP contribution in [0.4, 0.5) is 0 Å². The van der Waals surface area contributed by atoms with Crippen molar-refractivity contribution in [2.24, 2.45) is 0 Å². The summed E-state index contributed by atoms with van der Waals surface area (Å²) in [4.78, 5) is 20.0. The van der Waals surface area contributed by atoms with Crippen molar-refractivity contribution in [1.29, 1.82) is 0 Å². The Morgan fingerprint density at radius 2 is 1.00 bits per heavy atom. The van der Waals surface area contributed by atoms with E-state index in [0.29, 0.717) is 23.4 Å². The van der Waals surface area contributed by atoms with Crippen LogP contribution in [0.25, 0.3) is 88.0 Å². The van der Waals surface area contributed by atoms with Gasteiger partial charge in [0.1, 0.15) is 5.52 Å². The Bertz CT molecular complexity index is 2510. The van der Waals surface area contributed by atoms with E-state index in [4.69, 9.17) is 24.4 Å². The summed E-state index contributed by atoms with van der Waals surface area (Å²) in [7, 11) is 0. The summed E-state index contributed by atoms with van der Waals surface area (Å²) in [6.07, 6.45) is 0. The monoisotopic (exact) mass is 608 g/mol. The van der Waals surface area contributed by atoms with Crippen LogP contribution in [-0.4, -0.2) is 19.9 Å². The zero-order valence-corrected chi connectivity index (χ0v) is 25.3. The van der Waals surface area contributed by atoms with E-state index in [1.54, 1.807) is 11.3 Å². The van der Waals surface area contributed by atoms with Crippen LogP contribution in [-0.2, 0) is 0 Å². The minimum absolute atomic E-state index is 0.616. The summed E-state index contributed by atoms with van der Waals surface area (Å²) in [6, 6.07) is 49.4. The maximum atomic E-state index is 6.20. The van der Waals surface area contributed by atoms with Crippen molar-refractivity contribution in [3.05, 3.63) is 146 Å². The Labute approximate surface area is 268 Å². The summed E-state index contributed by atoms with van der Waals surface area (Å²) < 4.78 is 8.48. The second-order valence-electron chi connectivity index (χ2n) is 11.1. The molecule has 9 aromatic rings. The Morgan fingerprint density at radius 3 is 1.70 bits per heavy atom. The zero-order valence-electron chi connectivity index (χ0n) is 24.5. The predicted molar refractivity (Wildman–Crippen MR) is 187 cm³/mol. The first-order valence-electron chi connectivity index (χ1n) is 15.1. The van der Waals surface area contributed by atoms with Crippen molar-refractivity contribution in [3.63, 3.8) is 0 Å². The number of rotatable bonds is 5.